The Morgan fingerprint density at radius 2 is 2.08 bits per heavy atom. The predicted octanol–water partition coefficient (Wildman–Crippen LogP) is 4.18. The van der Waals surface area contributed by atoms with Crippen molar-refractivity contribution in [2.45, 2.75) is 39.8 Å². The SMILES string of the molecule is CCOc1cc(Cl)ccc1CNC(=NC)NCc1nc(C(C)C)cs1. The summed E-state index contributed by atoms with van der Waals surface area (Å²) in [5, 5.41) is 10.4. The number of thiazole rings is 1. The summed E-state index contributed by atoms with van der Waals surface area (Å²) in [4.78, 5) is 8.88. The molecular weight excluding hydrogens is 356 g/mol. The number of aliphatic imine (C=N–C) groups is 1. The number of hydrogen-bond acceptors (Lipinski definition) is 4. The monoisotopic (exact) mass is 380 g/mol. The van der Waals surface area contributed by atoms with Gasteiger partial charge >= 0.3 is 0 Å². The van der Waals surface area contributed by atoms with Gasteiger partial charge in [0.2, 0.25) is 0 Å². The first-order valence-electron chi connectivity index (χ1n) is 8.33. The van der Waals surface area contributed by atoms with Crippen molar-refractivity contribution in [1.29, 1.82) is 0 Å². The molecular formula is C18H25ClN4OS. The van der Waals surface area contributed by atoms with Gasteiger partial charge in [0.05, 0.1) is 18.8 Å². The molecule has 0 saturated heterocycles. The molecule has 0 atom stereocenters. The first kappa shape index (κ1) is 19.5. The normalized spacial score (nSPS) is 11.7. The zero-order chi connectivity index (χ0) is 18.2. The highest BCUT2D eigenvalue weighted by Gasteiger charge is 2.08. The Hall–Kier alpha value is -1.79. The highest BCUT2D eigenvalue weighted by molar-refractivity contribution is 7.09. The second-order valence-corrected chi connectivity index (χ2v) is 7.16. The van der Waals surface area contributed by atoms with Gasteiger partial charge in [-0.1, -0.05) is 31.5 Å². The maximum Gasteiger partial charge on any atom is 0.191 e. The zero-order valence-corrected chi connectivity index (χ0v) is 16.7. The lowest BCUT2D eigenvalue weighted by Gasteiger charge is -2.14. The van der Waals surface area contributed by atoms with Gasteiger partial charge in [0, 0.05) is 29.6 Å². The molecule has 2 rings (SSSR count). The molecule has 2 N–H and O–H groups in total. The van der Waals surface area contributed by atoms with E-state index in [1.54, 1.807) is 18.4 Å². The van der Waals surface area contributed by atoms with E-state index in [-0.39, 0.29) is 0 Å². The van der Waals surface area contributed by atoms with Gasteiger partial charge in [0.25, 0.3) is 0 Å². The topological polar surface area (TPSA) is 58.5 Å². The fourth-order valence-corrected chi connectivity index (χ4v) is 3.25. The van der Waals surface area contributed by atoms with Crippen LogP contribution in [0, 0.1) is 0 Å². The summed E-state index contributed by atoms with van der Waals surface area (Å²) in [6.45, 7) is 8.10. The quantitative estimate of drug-likeness (QED) is 0.558. The third-order valence-corrected chi connectivity index (χ3v) is 4.67. The van der Waals surface area contributed by atoms with Crippen LogP contribution in [0.1, 0.15) is 43.0 Å². The Kier molecular flexibility index (Phi) is 7.52. The molecule has 1 aromatic heterocycles. The van der Waals surface area contributed by atoms with E-state index in [4.69, 9.17) is 16.3 Å². The van der Waals surface area contributed by atoms with E-state index < -0.39 is 0 Å². The molecule has 0 bridgehead atoms. The number of benzene rings is 1. The predicted molar refractivity (Wildman–Crippen MR) is 106 cm³/mol. The summed E-state index contributed by atoms with van der Waals surface area (Å²) < 4.78 is 5.65. The smallest absolute Gasteiger partial charge is 0.191 e. The number of nitrogens with one attached hydrogen (secondary N) is 2. The largest absolute Gasteiger partial charge is 0.493 e. The molecule has 0 aliphatic carbocycles. The third kappa shape index (κ3) is 5.90. The van der Waals surface area contributed by atoms with Crippen LogP contribution in [-0.2, 0) is 13.1 Å². The van der Waals surface area contributed by atoms with Crippen LogP contribution in [-0.4, -0.2) is 24.6 Å². The summed E-state index contributed by atoms with van der Waals surface area (Å²) in [6, 6.07) is 5.66. The highest BCUT2D eigenvalue weighted by Crippen LogP contribution is 2.23. The average molecular weight is 381 g/mol. The lowest BCUT2D eigenvalue weighted by atomic mass is 10.2. The van der Waals surface area contributed by atoms with Gasteiger partial charge in [0.15, 0.2) is 5.96 Å². The fraction of sp³-hybridized carbons (Fsp3) is 0.444. The van der Waals surface area contributed by atoms with Crippen LogP contribution < -0.4 is 15.4 Å². The minimum atomic E-state index is 0.448. The fourth-order valence-electron chi connectivity index (χ4n) is 2.19. The molecule has 1 heterocycles. The van der Waals surface area contributed by atoms with Gasteiger partial charge in [-0.05, 0) is 25.0 Å². The van der Waals surface area contributed by atoms with E-state index in [1.807, 2.05) is 25.1 Å². The van der Waals surface area contributed by atoms with Crippen molar-refractivity contribution in [2.75, 3.05) is 13.7 Å². The summed E-state index contributed by atoms with van der Waals surface area (Å²) in [5.41, 5.74) is 2.16. The zero-order valence-electron chi connectivity index (χ0n) is 15.1. The van der Waals surface area contributed by atoms with Gasteiger partial charge in [-0.2, -0.15) is 0 Å². The second kappa shape index (κ2) is 9.63. The Bertz CT molecular complexity index is 715. The molecule has 0 spiro atoms. The summed E-state index contributed by atoms with van der Waals surface area (Å²) in [5.74, 6) is 1.96. The molecule has 25 heavy (non-hydrogen) atoms. The van der Waals surface area contributed by atoms with Crippen LogP contribution in [0.25, 0.3) is 0 Å². The van der Waals surface area contributed by atoms with Gasteiger partial charge in [-0.3, -0.25) is 4.99 Å². The van der Waals surface area contributed by atoms with Gasteiger partial charge in [-0.15, -0.1) is 11.3 Å². The number of guanidine groups is 1. The van der Waals surface area contributed by atoms with Crippen molar-refractivity contribution in [2.24, 2.45) is 4.99 Å². The van der Waals surface area contributed by atoms with Gasteiger partial charge < -0.3 is 15.4 Å². The maximum atomic E-state index is 6.04. The number of ether oxygens (including phenoxy) is 1. The highest BCUT2D eigenvalue weighted by atomic mass is 35.5. The first-order valence-corrected chi connectivity index (χ1v) is 9.59. The van der Waals surface area contributed by atoms with Crippen LogP contribution in [0.3, 0.4) is 0 Å². The van der Waals surface area contributed by atoms with Crippen molar-refractivity contribution in [3.63, 3.8) is 0 Å². The molecule has 0 radical (unpaired) electrons. The van der Waals surface area contributed by atoms with Crippen molar-refractivity contribution in [1.82, 2.24) is 15.6 Å². The van der Waals surface area contributed by atoms with Gasteiger partial charge in [-0.25, -0.2) is 4.98 Å². The lowest BCUT2D eigenvalue weighted by Crippen LogP contribution is -2.36. The van der Waals surface area contributed by atoms with E-state index in [9.17, 15) is 0 Å². The molecule has 136 valence electrons. The molecule has 0 unspecified atom stereocenters. The van der Waals surface area contributed by atoms with E-state index in [2.05, 4.69) is 39.8 Å². The molecule has 0 saturated carbocycles. The molecule has 7 heteroatoms. The molecule has 0 aliphatic heterocycles. The Labute approximate surface area is 158 Å². The van der Waals surface area contributed by atoms with Crippen LogP contribution in [0.2, 0.25) is 5.02 Å². The molecule has 2 aromatic rings. The van der Waals surface area contributed by atoms with Crippen molar-refractivity contribution >= 4 is 28.9 Å². The minimum absolute atomic E-state index is 0.448. The van der Waals surface area contributed by atoms with Gasteiger partial charge in [0.1, 0.15) is 10.8 Å². The summed E-state index contributed by atoms with van der Waals surface area (Å²) >= 11 is 7.71. The number of rotatable bonds is 7. The molecule has 1 aromatic carbocycles. The standard InChI is InChI=1S/C18H25ClN4OS/c1-5-24-16-8-14(19)7-6-13(16)9-21-18(20-4)22-10-17-23-15(11-25-17)12(2)3/h6-8,11-12H,5,9-10H2,1-4H3,(H2,20,21,22). The molecule has 0 fully saturated rings. The number of aromatic nitrogens is 1. The van der Waals surface area contributed by atoms with Crippen LogP contribution in [0.4, 0.5) is 0 Å². The summed E-state index contributed by atoms with van der Waals surface area (Å²) in [6.07, 6.45) is 0. The Balaban J connectivity index is 1.92. The average Bonchev–Trinajstić information content (AvgIpc) is 3.06. The molecule has 0 aliphatic rings. The number of halogens is 1. The minimum Gasteiger partial charge on any atom is -0.493 e. The molecule has 5 nitrogen and oxygen atoms in total. The van der Waals surface area contributed by atoms with Crippen molar-refractivity contribution in [3.8, 4) is 5.75 Å². The van der Waals surface area contributed by atoms with Crippen LogP contribution in [0.5, 0.6) is 5.75 Å². The van der Waals surface area contributed by atoms with Crippen molar-refractivity contribution < 1.29 is 4.74 Å². The number of hydrogen-bond donors (Lipinski definition) is 2. The van der Waals surface area contributed by atoms with Crippen LogP contribution >= 0.6 is 22.9 Å². The van der Waals surface area contributed by atoms with E-state index in [1.165, 1.54) is 0 Å². The Morgan fingerprint density at radius 3 is 2.72 bits per heavy atom. The van der Waals surface area contributed by atoms with Crippen LogP contribution in [0.15, 0.2) is 28.6 Å². The van der Waals surface area contributed by atoms with E-state index >= 15 is 0 Å². The third-order valence-electron chi connectivity index (χ3n) is 3.57. The molecule has 0 amide bonds. The van der Waals surface area contributed by atoms with E-state index in [0.717, 1.165) is 28.0 Å². The lowest BCUT2D eigenvalue weighted by molar-refractivity contribution is 0.336. The Morgan fingerprint density at radius 1 is 1.32 bits per heavy atom. The summed E-state index contributed by atoms with van der Waals surface area (Å²) in [7, 11) is 1.75. The number of nitrogens with zero attached hydrogens (tertiary/aromatic N) is 2. The van der Waals surface area contributed by atoms with Crippen molar-refractivity contribution in [3.05, 3.63) is 44.9 Å². The maximum absolute atomic E-state index is 6.04. The first-order chi connectivity index (χ1) is 12.0. The second-order valence-electron chi connectivity index (χ2n) is 5.79. The van der Waals surface area contributed by atoms with E-state index in [0.29, 0.717) is 30.6 Å².